The first-order valence-corrected chi connectivity index (χ1v) is 6.06. The molecule has 0 saturated carbocycles. The molecular formula is C13H13N7. The highest BCUT2D eigenvalue weighted by molar-refractivity contribution is 6.50. The molecule has 0 radical (unpaired) electrons. The Kier molecular flexibility index (Phi) is 2.96. The summed E-state index contributed by atoms with van der Waals surface area (Å²) in [4.78, 5) is 22.8. The number of aromatic amines is 1. The van der Waals surface area contributed by atoms with Crippen LogP contribution in [0.1, 0.15) is 6.92 Å². The molecule has 4 heterocycles. The average Bonchev–Trinajstić information content (AvgIpc) is 3.08. The maximum absolute atomic E-state index is 5.77. The zero-order valence-electron chi connectivity index (χ0n) is 10.9. The molecule has 20 heavy (non-hydrogen) atoms. The third-order valence-corrected chi connectivity index (χ3v) is 2.89. The van der Waals surface area contributed by atoms with E-state index < -0.39 is 5.66 Å². The Balaban J connectivity index is 0.000000123. The minimum atomic E-state index is -0.756. The first-order chi connectivity index (χ1) is 9.67. The molecule has 2 aromatic rings. The van der Waals surface area contributed by atoms with Gasteiger partial charge in [-0.1, -0.05) is 0 Å². The normalized spacial score (nSPS) is 22.9. The largest absolute Gasteiger partial charge is 0.346 e. The van der Waals surface area contributed by atoms with E-state index in [0.29, 0.717) is 11.5 Å². The van der Waals surface area contributed by atoms with E-state index in [1.165, 1.54) is 12.7 Å². The van der Waals surface area contributed by atoms with Gasteiger partial charge >= 0.3 is 0 Å². The number of aromatic nitrogens is 2. The lowest BCUT2D eigenvalue weighted by molar-refractivity contribution is 0.670. The van der Waals surface area contributed by atoms with Crippen LogP contribution in [0.4, 0.5) is 0 Å². The number of hydrogen-bond acceptors (Lipinski definition) is 6. The van der Waals surface area contributed by atoms with Gasteiger partial charge in [0.15, 0.2) is 11.5 Å². The van der Waals surface area contributed by atoms with Crippen LogP contribution in [0.15, 0.2) is 50.6 Å². The first kappa shape index (κ1) is 12.4. The number of amidine groups is 1. The zero-order valence-corrected chi connectivity index (χ0v) is 10.9. The number of H-pyrrole nitrogens is 1. The molecule has 7 nitrogen and oxygen atoms in total. The van der Waals surface area contributed by atoms with Crippen LogP contribution < -0.4 is 5.73 Å². The molecule has 0 fully saturated rings. The summed E-state index contributed by atoms with van der Waals surface area (Å²) in [6.45, 7) is 1.77. The van der Waals surface area contributed by atoms with Gasteiger partial charge in [-0.3, -0.25) is 0 Å². The Labute approximate surface area is 115 Å². The molecule has 0 bridgehead atoms. The molecule has 2 aliphatic heterocycles. The molecule has 0 aliphatic carbocycles. The minimum absolute atomic E-state index is 0.574. The van der Waals surface area contributed by atoms with Gasteiger partial charge in [0.25, 0.3) is 0 Å². The van der Waals surface area contributed by atoms with Crippen LogP contribution in [-0.2, 0) is 0 Å². The topological polar surface area (TPSA) is 104 Å². The van der Waals surface area contributed by atoms with Crippen molar-refractivity contribution in [2.75, 3.05) is 0 Å². The van der Waals surface area contributed by atoms with E-state index in [4.69, 9.17) is 5.73 Å². The van der Waals surface area contributed by atoms with E-state index in [1.54, 1.807) is 13.1 Å². The fourth-order valence-corrected chi connectivity index (χ4v) is 1.86. The molecule has 0 aromatic carbocycles. The second kappa shape index (κ2) is 4.78. The van der Waals surface area contributed by atoms with Crippen molar-refractivity contribution in [3.05, 3.63) is 30.6 Å². The summed E-state index contributed by atoms with van der Waals surface area (Å²) in [5, 5.41) is 1.16. The van der Waals surface area contributed by atoms with E-state index in [-0.39, 0.29) is 0 Å². The lowest BCUT2D eigenvalue weighted by atomic mass is 10.1. The van der Waals surface area contributed by atoms with Gasteiger partial charge in [0.2, 0.25) is 0 Å². The molecule has 100 valence electrons. The zero-order chi connectivity index (χ0) is 14.0. The number of nitrogens with zero attached hydrogens (tertiary/aromatic N) is 5. The van der Waals surface area contributed by atoms with Gasteiger partial charge < -0.3 is 10.7 Å². The van der Waals surface area contributed by atoms with Crippen LogP contribution in [0.5, 0.6) is 0 Å². The molecule has 0 amide bonds. The summed E-state index contributed by atoms with van der Waals surface area (Å²) in [5.74, 6) is 0.574. The highest BCUT2D eigenvalue weighted by Crippen LogP contribution is 2.13. The van der Waals surface area contributed by atoms with Crippen molar-refractivity contribution < 1.29 is 0 Å². The van der Waals surface area contributed by atoms with Crippen LogP contribution >= 0.6 is 0 Å². The molecule has 7 heteroatoms. The monoisotopic (exact) mass is 267 g/mol. The third kappa shape index (κ3) is 2.26. The number of nitrogens with one attached hydrogen (secondary N) is 1. The molecule has 3 N–H and O–H groups in total. The number of rotatable bonds is 0. The Morgan fingerprint density at radius 1 is 1.20 bits per heavy atom. The van der Waals surface area contributed by atoms with Crippen LogP contribution in [0.2, 0.25) is 0 Å². The van der Waals surface area contributed by atoms with Crippen LogP contribution in [0.25, 0.3) is 11.0 Å². The highest BCUT2D eigenvalue weighted by Gasteiger charge is 2.32. The van der Waals surface area contributed by atoms with E-state index in [1.807, 2.05) is 24.4 Å². The number of nitrogens with two attached hydrogens (primary N) is 1. The lowest BCUT2D eigenvalue weighted by Gasteiger charge is -2.20. The molecule has 2 aromatic heterocycles. The minimum Gasteiger partial charge on any atom is -0.346 e. The SMILES string of the molecule is CC1(N)N=CN=C2N=CN=C21.c1cnc2[nH]ccc2c1. The average molecular weight is 267 g/mol. The number of hydrogen-bond donors (Lipinski definition) is 2. The van der Waals surface area contributed by atoms with Crippen molar-refractivity contribution in [1.82, 2.24) is 9.97 Å². The van der Waals surface area contributed by atoms with E-state index >= 15 is 0 Å². The smallest absolute Gasteiger partial charge is 0.180 e. The van der Waals surface area contributed by atoms with Crippen molar-refractivity contribution in [2.24, 2.45) is 25.7 Å². The predicted molar refractivity (Wildman–Crippen MR) is 80.5 cm³/mol. The highest BCUT2D eigenvalue weighted by atomic mass is 15.2. The van der Waals surface area contributed by atoms with Gasteiger partial charge in [-0.05, 0) is 25.1 Å². The van der Waals surface area contributed by atoms with Gasteiger partial charge in [0, 0.05) is 17.8 Å². The number of fused-ring (bicyclic) bond motifs is 2. The molecule has 0 spiro atoms. The fourth-order valence-electron chi connectivity index (χ4n) is 1.86. The maximum atomic E-state index is 5.77. The van der Waals surface area contributed by atoms with E-state index in [0.717, 1.165) is 11.0 Å². The van der Waals surface area contributed by atoms with Crippen molar-refractivity contribution in [2.45, 2.75) is 12.6 Å². The number of aliphatic imine (C=N–C) groups is 4. The summed E-state index contributed by atoms with van der Waals surface area (Å²) in [6, 6.07) is 5.96. The quantitative estimate of drug-likeness (QED) is 0.747. The van der Waals surface area contributed by atoms with Crippen LogP contribution in [-0.4, -0.2) is 39.9 Å². The Bertz CT molecular complexity index is 719. The Morgan fingerprint density at radius 3 is 2.90 bits per heavy atom. The summed E-state index contributed by atoms with van der Waals surface area (Å²) in [6.07, 6.45) is 6.52. The van der Waals surface area contributed by atoms with Gasteiger partial charge in [0.05, 0.1) is 0 Å². The molecule has 1 atom stereocenters. The van der Waals surface area contributed by atoms with Gasteiger partial charge in [-0.25, -0.2) is 25.0 Å². The van der Waals surface area contributed by atoms with Crippen LogP contribution in [0.3, 0.4) is 0 Å². The second-order valence-corrected chi connectivity index (χ2v) is 4.49. The first-order valence-electron chi connectivity index (χ1n) is 6.06. The summed E-state index contributed by atoms with van der Waals surface area (Å²) in [5.41, 5.74) is 6.61. The van der Waals surface area contributed by atoms with Crippen molar-refractivity contribution >= 4 is 35.3 Å². The lowest BCUT2D eigenvalue weighted by Crippen LogP contribution is -2.47. The fraction of sp³-hybridized carbons (Fsp3) is 0.154. The van der Waals surface area contributed by atoms with Crippen LogP contribution in [0, 0.1) is 0 Å². The third-order valence-electron chi connectivity index (χ3n) is 2.89. The molecule has 4 rings (SSSR count). The van der Waals surface area contributed by atoms with Crippen molar-refractivity contribution in [3.63, 3.8) is 0 Å². The van der Waals surface area contributed by atoms with Gasteiger partial charge in [-0.15, -0.1) is 0 Å². The Hall–Kier alpha value is -2.67. The summed E-state index contributed by atoms with van der Waals surface area (Å²) in [7, 11) is 0. The summed E-state index contributed by atoms with van der Waals surface area (Å²) < 4.78 is 0. The van der Waals surface area contributed by atoms with Crippen molar-refractivity contribution in [1.29, 1.82) is 0 Å². The van der Waals surface area contributed by atoms with Crippen molar-refractivity contribution in [3.8, 4) is 0 Å². The Morgan fingerprint density at radius 2 is 2.10 bits per heavy atom. The molecule has 1 unspecified atom stereocenters. The second-order valence-electron chi connectivity index (χ2n) is 4.49. The molecular weight excluding hydrogens is 254 g/mol. The van der Waals surface area contributed by atoms with Gasteiger partial charge in [0.1, 0.15) is 24.0 Å². The number of pyridine rings is 1. The molecule has 0 saturated heterocycles. The van der Waals surface area contributed by atoms with E-state index in [2.05, 4.69) is 29.9 Å². The maximum Gasteiger partial charge on any atom is 0.180 e. The van der Waals surface area contributed by atoms with E-state index in [9.17, 15) is 0 Å². The summed E-state index contributed by atoms with van der Waals surface area (Å²) >= 11 is 0. The van der Waals surface area contributed by atoms with Gasteiger partial charge in [-0.2, -0.15) is 0 Å². The molecule has 2 aliphatic rings. The predicted octanol–water partition coefficient (Wildman–Crippen LogP) is 1.15. The standard InChI is InChI=1S/C7H6N2.C6H7N5/c1-2-6-3-5-9-7(6)8-4-1;1-6(7)4-5(9-2-8-4)10-3-11-6/h1-5H,(H,8,9);2-3H,7H2,1H3.